The summed E-state index contributed by atoms with van der Waals surface area (Å²) in [5.74, 6) is 0. The predicted molar refractivity (Wildman–Crippen MR) is 40.2 cm³/mol. The maximum atomic E-state index is 3.94. The average Bonchev–Trinajstić information content (AvgIpc) is 1.81. The van der Waals surface area contributed by atoms with Crippen LogP contribution >= 0.6 is 11.8 Å². The molecule has 0 atom stereocenters. The second-order valence-corrected chi connectivity index (χ2v) is 1.92. The third-order valence-corrected chi connectivity index (χ3v) is 0.944. The van der Waals surface area contributed by atoms with Crippen molar-refractivity contribution in [2.75, 3.05) is 13.7 Å². The molecule has 0 bridgehead atoms. The molecule has 0 radical (unpaired) electrons. The lowest BCUT2D eigenvalue weighted by Crippen LogP contribution is -2.03. The second-order valence-electron chi connectivity index (χ2n) is 1.10. The van der Waals surface area contributed by atoms with Gasteiger partial charge in [0.15, 0.2) is 0 Å². The fourth-order valence-corrected chi connectivity index (χ4v) is 0.461. The van der Waals surface area contributed by atoms with Gasteiger partial charge in [-0.2, -0.15) is 0 Å². The van der Waals surface area contributed by atoms with Gasteiger partial charge < -0.3 is 5.32 Å². The Morgan fingerprint density at radius 1 is 1.88 bits per heavy atom. The molecule has 1 N–H and O–H groups in total. The van der Waals surface area contributed by atoms with Crippen LogP contribution in [0.2, 0.25) is 0 Å². The van der Waals surface area contributed by atoms with Gasteiger partial charge in [0.05, 0.1) is 12.2 Å². The fourth-order valence-electron chi connectivity index (χ4n) is 0.215. The molecule has 0 aromatic rings. The molecule has 0 aliphatic rings. The van der Waals surface area contributed by atoms with E-state index >= 15 is 0 Å². The minimum Gasteiger partial charge on any atom is -0.301 e. The first kappa shape index (κ1) is 7.72. The van der Waals surface area contributed by atoms with Crippen molar-refractivity contribution in [1.29, 1.82) is 0 Å². The van der Waals surface area contributed by atoms with Crippen LogP contribution in [0.3, 0.4) is 0 Å². The van der Waals surface area contributed by atoms with E-state index in [2.05, 4.69) is 16.9 Å². The highest BCUT2D eigenvalue weighted by Crippen LogP contribution is 1.91. The van der Waals surface area contributed by atoms with Gasteiger partial charge in [-0.1, -0.05) is 18.3 Å². The third-order valence-electron chi connectivity index (χ3n) is 0.481. The van der Waals surface area contributed by atoms with Crippen molar-refractivity contribution in [3.8, 4) is 0 Å². The monoisotopic (exact) mass is 130 g/mol. The molecule has 2 nitrogen and oxygen atoms in total. The van der Waals surface area contributed by atoms with Crippen LogP contribution in [0.25, 0.3) is 0 Å². The summed E-state index contributed by atoms with van der Waals surface area (Å²) < 4.78 is 0. The Morgan fingerprint density at radius 2 is 2.62 bits per heavy atom. The van der Waals surface area contributed by atoms with Gasteiger partial charge in [0.25, 0.3) is 0 Å². The normalized spacial score (nSPS) is 10.1. The van der Waals surface area contributed by atoms with E-state index in [1.54, 1.807) is 11.0 Å². The van der Waals surface area contributed by atoms with E-state index in [4.69, 9.17) is 0 Å². The molecule has 0 rings (SSSR count). The van der Waals surface area contributed by atoms with E-state index in [0.29, 0.717) is 6.67 Å². The number of hydrogen-bond acceptors (Lipinski definition) is 3. The molecule has 0 aliphatic heterocycles. The van der Waals surface area contributed by atoms with Crippen LogP contribution in [0, 0.1) is 0 Å². The molecule has 8 heavy (non-hydrogen) atoms. The summed E-state index contributed by atoms with van der Waals surface area (Å²) in [5.41, 5.74) is 1.75. The summed E-state index contributed by atoms with van der Waals surface area (Å²) >= 11 is 1.48. The third kappa shape index (κ3) is 5.72. The molecule has 0 fully saturated rings. The minimum absolute atomic E-state index is 0.681. The van der Waals surface area contributed by atoms with Crippen molar-refractivity contribution in [2.45, 2.75) is 0 Å². The number of aliphatic imine (C=N–C) groups is 1. The highest BCUT2D eigenvalue weighted by atomic mass is 32.2. The maximum Gasteiger partial charge on any atom is 0.0888 e. The molecule has 0 aliphatic carbocycles. The van der Waals surface area contributed by atoms with Crippen LogP contribution in [0.4, 0.5) is 0 Å². The number of nitrogens with one attached hydrogen (secondary N) is 1. The molecule has 0 spiro atoms. The summed E-state index contributed by atoms with van der Waals surface area (Å²) in [6, 6.07) is 0. The minimum atomic E-state index is 0.681. The lowest BCUT2D eigenvalue weighted by atomic mass is 11.1. The predicted octanol–water partition coefficient (Wildman–Crippen LogP) is 1.07. The summed E-state index contributed by atoms with van der Waals surface area (Å²) in [6.07, 6.45) is 0. The molecule has 0 heterocycles. The fraction of sp³-hybridized carbons (Fsp3) is 0.400. The van der Waals surface area contributed by atoms with Gasteiger partial charge >= 0.3 is 0 Å². The summed E-state index contributed by atoms with van der Waals surface area (Å²) in [7, 11) is 1.86. The van der Waals surface area contributed by atoms with Crippen LogP contribution in [-0.2, 0) is 0 Å². The zero-order chi connectivity index (χ0) is 6.24. The molecule has 0 unspecified atom stereocenters. The number of nitrogens with zero attached hydrogens (tertiary/aromatic N) is 1. The summed E-state index contributed by atoms with van der Waals surface area (Å²) in [5, 5.41) is 4.62. The molecule has 0 aromatic heterocycles. The van der Waals surface area contributed by atoms with Crippen molar-refractivity contribution in [3.05, 3.63) is 12.0 Å². The van der Waals surface area contributed by atoms with Crippen molar-refractivity contribution < 1.29 is 0 Å². The molecular weight excluding hydrogens is 120 g/mol. The summed E-state index contributed by atoms with van der Waals surface area (Å²) in [6.45, 7) is 4.19. The number of thioether (sulfide) groups is 1. The van der Waals surface area contributed by atoms with Crippen molar-refractivity contribution in [3.63, 3.8) is 0 Å². The van der Waals surface area contributed by atoms with Crippen molar-refractivity contribution in [2.24, 2.45) is 4.99 Å². The van der Waals surface area contributed by atoms with Crippen molar-refractivity contribution in [1.82, 2.24) is 5.32 Å². The first-order valence-electron chi connectivity index (χ1n) is 2.31. The molecular formula is C5H10N2S. The molecule has 0 amide bonds. The summed E-state index contributed by atoms with van der Waals surface area (Å²) in [4.78, 5) is 3.94. The number of rotatable bonds is 4. The van der Waals surface area contributed by atoms with E-state index in [9.17, 15) is 0 Å². The zero-order valence-electron chi connectivity index (χ0n) is 4.92. The van der Waals surface area contributed by atoms with Crippen LogP contribution in [-0.4, -0.2) is 19.3 Å². The Bertz CT molecular complexity index is 80.5. The Kier molecular flexibility index (Phi) is 6.48. The smallest absolute Gasteiger partial charge is 0.0888 e. The van der Waals surface area contributed by atoms with Gasteiger partial charge in [-0.05, 0) is 12.5 Å². The Balaban J connectivity index is 2.94. The maximum absolute atomic E-state index is 3.94. The highest BCUT2D eigenvalue weighted by Gasteiger charge is 1.67. The van der Waals surface area contributed by atoms with Crippen LogP contribution in [0.5, 0.6) is 0 Å². The van der Waals surface area contributed by atoms with Gasteiger partial charge in [-0.25, -0.2) is 0 Å². The first-order chi connectivity index (χ1) is 3.91. The standard InChI is InChI=1S/C5H10N2S/c1-3-8-5-7-4-6-2/h3,5-6H,1,4H2,2H3. The average molecular weight is 130 g/mol. The Hall–Kier alpha value is -0.280. The quantitative estimate of drug-likeness (QED) is 0.454. The van der Waals surface area contributed by atoms with E-state index in [0.717, 1.165) is 0 Å². The van der Waals surface area contributed by atoms with E-state index in [1.165, 1.54) is 11.8 Å². The van der Waals surface area contributed by atoms with Gasteiger partial charge in [0.1, 0.15) is 0 Å². The lowest BCUT2D eigenvalue weighted by molar-refractivity contribution is 0.839. The lowest BCUT2D eigenvalue weighted by Gasteiger charge is -1.84. The Labute approximate surface area is 54.1 Å². The van der Waals surface area contributed by atoms with E-state index < -0.39 is 0 Å². The molecule has 0 saturated heterocycles. The topological polar surface area (TPSA) is 24.4 Å². The molecule has 0 aromatic carbocycles. The number of hydrogen-bond donors (Lipinski definition) is 1. The van der Waals surface area contributed by atoms with E-state index in [-0.39, 0.29) is 0 Å². The molecule has 3 heteroatoms. The molecule has 46 valence electrons. The van der Waals surface area contributed by atoms with Gasteiger partial charge in [-0.15, -0.1) is 0 Å². The second kappa shape index (κ2) is 6.72. The Morgan fingerprint density at radius 3 is 3.12 bits per heavy atom. The van der Waals surface area contributed by atoms with Crippen LogP contribution in [0.15, 0.2) is 17.0 Å². The molecule has 0 saturated carbocycles. The van der Waals surface area contributed by atoms with Crippen LogP contribution < -0.4 is 5.32 Å². The first-order valence-corrected chi connectivity index (χ1v) is 3.25. The van der Waals surface area contributed by atoms with Gasteiger partial charge in [0, 0.05) is 0 Å². The van der Waals surface area contributed by atoms with Crippen LogP contribution in [0.1, 0.15) is 0 Å². The SMILES string of the molecule is C=CSC=NCNC. The van der Waals surface area contributed by atoms with Crippen molar-refractivity contribution >= 4 is 17.3 Å². The van der Waals surface area contributed by atoms with Gasteiger partial charge in [0.2, 0.25) is 0 Å². The largest absolute Gasteiger partial charge is 0.301 e. The zero-order valence-corrected chi connectivity index (χ0v) is 5.74. The highest BCUT2D eigenvalue weighted by molar-refractivity contribution is 8.14. The van der Waals surface area contributed by atoms with E-state index in [1.807, 2.05) is 7.05 Å². The van der Waals surface area contributed by atoms with Gasteiger partial charge in [-0.3, -0.25) is 4.99 Å².